The van der Waals surface area contributed by atoms with Crippen molar-refractivity contribution in [2.24, 2.45) is 4.99 Å². The van der Waals surface area contributed by atoms with E-state index in [0.717, 1.165) is 0 Å². The number of rotatable bonds is 13. The van der Waals surface area contributed by atoms with E-state index in [1.165, 1.54) is 34.3 Å². The largest absolute Gasteiger partial charge is 0.471 e. The molecule has 3 rings (SSSR count). The molecular formula is C26H42F3N7O5S2Si. The number of imidazole rings is 1. The van der Waals surface area contributed by atoms with Crippen LogP contribution < -0.4 is 10.9 Å². The molecule has 0 aromatic carbocycles. The number of carbonyl (C=O) groups is 1. The molecule has 1 aliphatic rings. The van der Waals surface area contributed by atoms with Crippen LogP contribution in [0.2, 0.25) is 18.1 Å². The quantitative estimate of drug-likeness (QED) is 0.0756. The highest BCUT2D eigenvalue weighted by molar-refractivity contribution is 8.77. The normalized spacial score (nSPS) is 20.1. The fourth-order valence-electron chi connectivity index (χ4n) is 3.78. The third-order valence-corrected chi connectivity index (χ3v) is 14.7. The first-order chi connectivity index (χ1) is 20.2. The molecule has 0 saturated carbocycles. The van der Waals surface area contributed by atoms with E-state index in [0.29, 0.717) is 18.7 Å². The van der Waals surface area contributed by atoms with Crippen LogP contribution in [-0.4, -0.2) is 101 Å². The van der Waals surface area contributed by atoms with Crippen LogP contribution in [0.15, 0.2) is 16.1 Å². The van der Waals surface area contributed by atoms with Gasteiger partial charge in [0, 0.05) is 31.8 Å². The standard InChI is InChI=1S/C26H42F3N7O5S2Si/c1-24(2,3)44(8,9)40-11-17-16(39-15-42-43-25(4,5)12-30-22(38)26(27,28)29)10-18(41-17)36-14-31-19-20(36)33-23(34-21(19)37)32-13-35(6)7/h13-14,16-18H,10-12,15H2,1-9H3,(H,30,38)(H,33,34,37)/t16?,17-,18-/m1/s1. The van der Waals surface area contributed by atoms with Gasteiger partial charge >= 0.3 is 12.1 Å². The summed E-state index contributed by atoms with van der Waals surface area (Å²) in [4.78, 5) is 41.2. The summed E-state index contributed by atoms with van der Waals surface area (Å²) in [7, 11) is 4.12. The van der Waals surface area contributed by atoms with E-state index in [1.807, 2.05) is 5.32 Å². The maximum atomic E-state index is 12.7. The summed E-state index contributed by atoms with van der Waals surface area (Å²) in [5.41, 5.74) is 0.0512. The third kappa shape index (κ3) is 9.69. The van der Waals surface area contributed by atoms with Crippen LogP contribution in [0.3, 0.4) is 0 Å². The second-order valence-corrected chi connectivity index (χ2v) is 20.6. The molecular weight excluding hydrogens is 640 g/mol. The summed E-state index contributed by atoms with van der Waals surface area (Å²) in [6.45, 7) is 14.3. The number of carbonyl (C=O) groups excluding carboxylic acids is 1. The highest BCUT2D eigenvalue weighted by atomic mass is 33.1. The highest BCUT2D eigenvalue weighted by Gasteiger charge is 2.43. The second kappa shape index (κ2) is 14.1. The Morgan fingerprint density at radius 3 is 2.59 bits per heavy atom. The fraction of sp³-hybridized carbons (Fsp3) is 0.731. The van der Waals surface area contributed by atoms with E-state index in [9.17, 15) is 22.8 Å². The lowest BCUT2D eigenvalue weighted by Gasteiger charge is -2.37. The van der Waals surface area contributed by atoms with Crippen LogP contribution >= 0.6 is 21.6 Å². The molecule has 12 nitrogen and oxygen atoms in total. The SMILES string of the molecule is CN(C)C=Nc1nc2c(ncn2[C@H]2CC(OCSSC(C)(C)CNC(=O)C(F)(F)F)[C@@H](CO[Si](C)(C)C(C)(C)C)O2)c(=O)[nH]1. The summed E-state index contributed by atoms with van der Waals surface area (Å²) in [6.07, 6.45) is -2.87. The number of amides is 1. The Morgan fingerprint density at radius 1 is 1.30 bits per heavy atom. The van der Waals surface area contributed by atoms with E-state index in [2.05, 4.69) is 53.8 Å². The van der Waals surface area contributed by atoms with E-state index < -0.39 is 49.1 Å². The van der Waals surface area contributed by atoms with Gasteiger partial charge in [0.05, 0.1) is 25.4 Å². The molecule has 1 saturated heterocycles. The molecule has 0 spiro atoms. The van der Waals surface area contributed by atoms with Crippen molar-refractivity contribution >= 4 is 59.3 Å². The second-order valence-electron chi connectivity index (χ2n) is 12.8. The van der Waals surface area contributed by atoms with Gasteiger partial charge in [-0.3, -0.25) is 19.1 Å². The molecule has 3 atom stereocenters. The topological polar surface area (TPSA) is 136 Å². The molecule has 0 aliphatic carbocycles. The molecule has 1 fully saturated rings. The summed E-state index contributed by atoms with van der Waals surface area (Å²) in [5, 5.41) is 1.91. The lowest BCUT2D eigenvalue weighted by atomic mass is 10.2. The Bertz CT molecular complexity index is 1380. The predicted octanol–water partition coefficient (Wildman–Crippen LogP) is 4.83. The lowest BCUT2D eigenvalue weighted by molar-refractivity contribution is -0.173. The number of aromatic amines is 1. The Morgan fingerprint density at radius 2 is 1.98 bits per heavy atom. The van der Waals surface area contributed by atoms with Gasteiger partial charge in [-0.1, -0.05) is 42.4 Å². The molecule has 2 aromatic rings. The van der Waals surface area contributed by atoms with Crippen molar-refractivity contribution in [3.8, 4) is 0 Å². The van der Waals surface area contributed by atoms with E-state index in [4.69, 9.17) is 13.9 Å². The summed E-state index contributed by atoms with van der Waals surface area (Å²) in [5.74, 6) is -1.62. The van der Waals surface area contributed by atoms with Crippen molar-refractivity contribution in [1.29, 1.82) is 0 Å². The number of hydrogen-bond donors (Lipinski definition) is 2. The first-order valence-corrected chi connectivity index (χ1v) is 19.2. The van der Waals surface area contributed by atoms with Gasteiger partial charge in [-0.2, -0.15) is 18.2 Å². The zero-order valence-electron chi connectivity index (χ0n) is 26.4. The van der Waals surface area contributed by atoms with Gasteiger partial charge in [0.1, 0.15) is 18.3 Å². The van der Waals surface area contributed by atoms with Gasteiger partial charge < -0.3 is 24.1 Å². The van der Waals surface area contributed by atoms with Crippen molar-refractivity contribution in [3.63, 3.8) is 0 Å². The van der Waals surface area contributed by atoms with Crippen molar-refractivity contribution in [2.75, 3.05) is 33.2 Å². The van der Waals surface area contributed by atoms with Crippen LogP contribution in [0.25, 0.3) is 11.2 Å². The Balaban J connectivity index is 1.74. The van der Waals surface area contributed by atoms with Crippen LogP contribution in [0.4, 0.5) is 19.1 Å². The Labute approximate surface area is 263 Å². The van der Waals surface area contributed by atoms with Crippen molar-refractivity contribution in [2.45, 2.75) is 88.5 Å². The molecule has 18 heteroatoms. The fourth-order valence-corrected chi connectivity index (χ4v) is 6.97. The average Bonchev–Trinajstić information content (AvgIpc) is 3.50. The molecule has 0 bridgehead atoms. The smallest absolute Gasteiger partial charge is 0.414 e. The number of aromatic nitrogens is 4. The number of H-pyrrole nitrogens is 1. The van der Waals surface area contributed by atoms with Crippen molar-refractivity contribution in [1.82, 2.24) is 29.7 Å². The first-order valence-electron chi connectivity index (χ1n) is 13.9. The van der Waals surface area contributed by atoms with Gasteiger partial charge in [-0.15, -0.1) is 0 Å². The van der Waals surface area contributed by atoms with E-state index in [-0.39, 0.29) is 29.0 Å². The summed E-state index contributed by atoms with van der Waals surface area (Å²) >= 11 is 0. The number of hydrogen-bond acceptors (Lipinski definition) is 10. The van der Waals surface area contributed by atoms with Crippen LogP contribution in [0, 0.1) is 0 Å². The number of nitrogens with one attached hydrogen (secondary N) is 2. The average molecular weight is 682 g/mol. The maximum Gasteiger partial charge on any atom is 0.471 e. The molecule has 44 heavy (non-hydrogen) atoms. The van der Waals surface area contributed by atoms with Gasteiger partial charge in [0.15, 0.2) is 19.5 Å². The van der Waals surface area contributed by atoms with Crippen molar-refractivity contribution in [3.05, 3.63) is 16.7 Å². The summed E-state index contributed by atoms with van der Waals surface area (Å²) in [6, 6.07) is 0. The molecule has 0 radical (unpaired) electrons. The number of nitrogens with zero attached hydrogens (tertiary/aromatic N) is 5. The van der Waals surface area contributed by atoms with Crippen LogP contribution in [0.1, 0.15) is 47.3 Å². The lowest BCUT2D eigenvalue weighted by Crippen LogP contribution is -2.44. The Hall–Kier alpha value is -2.12. The molecule has 3 heterocycles. The number of aliphatic imine (C=N–C) groups is 1. The number of alkyl halides is 3. The Kier molecular flexibility index (Phi) is 11.7. The van der Waals surface area contributed by atoms with E-state index >= 15 is 0 Å². The number of ether oxygens (including phenoxy) is 2. The molecule has 1 amide bonds. The molecule has 248 valence electrons. The van der Waals surface area contributed by atoms with Crippen LogP contribution in [-0.2, 0) is 18.7 Å². The van der Waals surface area contributed by atoms with Gasteiger partial charge in [0.25, 0.3) is 5.56 Å². The minimum atomic E-state index is -4.93. The molecule has 2 aromatic heterocycles. The number of fused-ring (bicyclic) bond motifs is 1. The zero-order valence-corrected chi connectivity index (χ0v) is 29.1. The minimum absolute atomic E-state index is 0.0179. The van der Waals surface area contributed by atoms with Crippen molar-refractivity contribution < 1.29 is 31.9 Å². The zero-order chi connectivity index (χ0) is 33.1. The van der Waals surface area contributed by atoms with Gasteiger partial charge in [-0.25, -0.2) is 9.98 Å². The summed E-state index contributed by atoms with van der Waals surface area (Å²) < 4.78 is 57.8. The maximum absolute atomic E-state index is 12.7. The molecule has 1 unspecified atom stereocenters. The molecule has 2 N–H and O–H groups in total. The predicted molar refractivity (Wildman–Crippen MR) is 170 cm³/mol. The molecule has 1 aliphatic heterocycles. The number of halogens is 3. The third-order valence-electron chi connectivity index (χ3n) is 7.28. The first kappa shape index (κ1) is 36.3. The van der Waals surface area contributed by atoms with Gasteiger partial charge in [0.2, 0.25) is 5.95 Å². The van der Waals surface area contributed by atoms with E-state index in [1.54, 1.807) is 37.4 Å². The van der Waals surface area contributed by atoms with Gasteiger partial charge in [-0.05, 0) is 32.0 Å². The highest BCUT2D eigenvalue weighted by Crippen LogP contribution is 2.40. The monoisotopic (exact) mass is 681 g/mol. The minimum Gasteiger partial charge on any atom is -0.414 e. The van der Waals surface area contributed by atoms with Crippen LogP contribution in [0.5, 0.6) is 0 Å².